The third kappa shape index (κ3) is 3.69. The van der Waals surface area contributed by atoms with Crippen molar-refractivity contribution in [1.29, 1.82) is 0 Å². The van der Waals surface area contributed by atoms with E-state index in [-0.39, 0.29) is 12.4 Å². The van der Waals surface area contributed by atoms with Crippen LogP contribution >= 0.6 is 0 Å². The minimum atomic E-state index is -4.76. The van der Waals surface area contributed by atoms with Crippen LogP contribution in [0.3, 0.4) is 0 Å². The Kier molecular flexibility index (Phi) is 3.71. The summed E-state index contributed by atoms with van der Waals surface area (Å²) in [6.45, 7) is -0.368. The fraction of sp³-hybridized carbons (Fsp3) is 0.154. The molecule has 1 heterocycles. The summed E-state index contributed by atoms with van der Waals surface area (Å²) in [6.07, 6.45) is -1.69. The van der Waals surface area contributed by atoms with E-state index in [2.05, 4.69) is 9.72 Å². The first-order valence-corrected chi connectivity index (χ1v) is 5.39. The van der Waals surface area contributed by atoms with Gasteiger partial charge in [0, 0.05) is 12.4 Å². The third-order valence-corrected chi connectivity index (χ3v) is 2.40. The fourth-order valence-electron chi connectivity index (χ4n) is 1.66. The number of benzene rings is 1. The average molecular weight is 269 g/mol. The molecule has 1 aromatic heterocycles. The van der Waals surface area contributed by atoms with Crippen molar-refractivity contribution in [1.82, 2.24) is 4.98 Å². The SMILES string of the molecule is OCc1cc(OC(F)(F)F)cc(-c2ccncc2)c1. The summed E-state index contributed by atoms with van der Waals surface area (Å²) in [7, 11) is 0. The topological polar surface area (TPSA) is 42.4 Å². The molecule has 0 spiro atoms. The number of aliphatic hydroxyl groups excluding tert-OH is 1. The van der Waals surface area contributed by atoms with E-state index in [0.717, 1.165) is 6.07 Å². The van der Waals surface area contributed by atoms with Crippen LogP contribution in [0.5, 0.6) is 5.75 Å². The highest BCUT2D eigenvalue weighted by molar-refractivity contribution is 5.65. The summed E-state index contributed by atoms with van der Waals surface area (Å²) in [4.78, 5) is 3.83. The molecule has 0 amide bonds. The van der Waals surface area contributed by atoms with Gasteiger partial charge >= 0.3 is 6.36 Å². The average Bonchev–Trinajstić information content (AvgIpc) is 2.37. The van der Waals surface area contributed by atoms with Crippen molar-refractivity contribution in [3.8, 4) is 16.9 Å². The lowest BCUT2D eigenvalue weighted by Gasteiger charge is -2.12. The second-order valence-electron chi connectivity index (χ2n) is 3.81. The van der Waals surface area contributed by atoms with Crippen LogP contribution in [0.4, 0.5) is 13.2 Å². The number of pyridine rings is 1. The van der Waals surface area contributed by atoms with Crippen LogP contribution in [0.25, 0.3) is 11.1 Å². The molecule has 0 fully saturated rings. The van der Waals surface area contributed by atoms with Crippen LogP contribution in [0.2, 0.25) is 0 Å². The van der Waals surface area contributed by atoms with Gasteiger partial charge in [-0.25, -0.2) is 0 Å². The van der Waals surface area contributed by atoms with Crippen molar-refractivity contribution in [2.75, 3.05) is 0 Å². The number of rotatable bonds is 3. The summed E-state index contributed by atoms with van der Waals surface area (Å²) in [5.41, 5.74) is 1.55. The van der Waals surface area contributed by atoms with Gasteiger partial charge in [0.1, 0.15) is 5.75 Å². The van der Waals surface area contributed by atoms with Crippen molar-refractivity contribution in [2.24, 2.45) is 0 Å². The van der Waals surface area contributed by atoms with Gasteiger partial charge in [0.15, 0.2) is 0 Å². The van der Waals surface area contributed by atoms with Crippen LogP contribution in [0.1, 0.15) is 5.56 Å². The predicted molar refractivity (Wildman–Crippen MR) is 62.3 cm³/mol. The molecule has 0 saturated heterocycles. The number of hydrogen-bond donors (Lipinski definition) is 1. The number of aliphatic hydroxyl groups is 1. The van der Waals surface area contributed by atoms with Crippen molar-refractivity contribution < 1.29 is 23.0 Å². The van der Waals surface area contributed by atoms with Gasteiger partial charge in [0.2, 0.25) is 0 Å². The number of alkyl halides is 3. The molecule has 100 valence electrons. The molecule has 0 aliphatic carbocycles. The largest absolute Gasteiger partial charge is 0.573 e. The van der Waals surface area contributed by atoms with Crippen molar-refractivity contribution in [3.63, 3.8) is 0 Å². The van der Waals surface area contributed by atoms with E-state index in [1.54, 1.807) is 18.2 Å². The standard InChI is InChI=1S/C13H10F3NO2/c14-13(15,16)19-12-6-9(8-18)5-11(7-12)10-1-3-17-4-2-10/h1-7,18H,8H2. The summed E-state index contributed by atoms with van der Waals surface area (Å²) < 4.78 is 40.5. The van der Waals surface area contributed by atoms with Gasteiger partial charge in [-0.3, -0.25) is 4.98 Å². The molecule has 6 heteroatoms. The second kappa shape index (κ2) is 5.27. The lowest BCUT2D eigenvalue weighted by atomic mass is 10.0. The van der Waals surface area contributed by atoms with E-state index >= 15 is 0 Å². The number of nitrogens with zero attached hydrogens (tertiary/aromatic N) is 1. The van der Waals surface area contributed by atoms with Gasteiger partial charge in [-0.05, 0) is 47.0 Å². The Labute approximate surface area is 107 Å². The van der Waals surface area contributed by atoms with Crippen molar-refractivity contribution in [3.05, 3.63) is 48.3 Å². The Morgan fingerprint density at radius 3 is 2.32 bits per heavy atom. The second-order valence-corrected chi connectivity index (χ2v) is 3.81. The van der Waals surface area contributed by atoms with Crippen LogP contribution in [-0.2, 0) is 6.61 Å². The van der Waals surface area contributed by atoms with Gasteiger partial charge in [-0.2, -0.15) is 0 Å². The molecule has 3 nitrogen and oxygen atoms in total. The smallest absolute Gasteiger partial charge is 0.406 e. The fourth-order valence-corrected chi connectivity index (χ4v) is 1.66. The maximum Gasteiger partial charge on any atom is 0.573 e. The molecule has 0 radical (unpaired) electrons. The van der Waals surface area contributed by atoms with Gasteiger partial charge in [0.05, 0.1) is 6.61 Å². The van der Waals surface area contributed by atoms with Crippen molar-refractivity contribution in [2.45, 2.75) is 13.0 Å². The summed E-state index contributed by atoms with van der Waals surface area (Å²) in [5.74, 6) is -0.356. The quantitative estimate of drug-likeness (QED) is 0.930. The Hall–Kier alpha value is -2.08. The minimum Gasteiger partial charge on any atom is -0.406 e. The zero-order valence-corrected chi connectivity index (χ0v) is 9.69. The predicted octanol–water partition coefficient (Wildman–Crippen LogP) is 3.14. The van der Waals surface area contributed by atoms with Crippen LogP contribution < -0.4 is 4.74 Å². The van der Waals surface area contributed by atoms with Crippen molar-refractivity contribution >= 4 is 0 Å². The molecule has 0 aliphatic rings. The summed E-state index contributed by atoms with van der Waals surface area (Å²) in [5, 5.41) is 9.08. The molecule has 19 heavy (non-hydrogen) atoms. The lowest BCUT2D eigenvalue weighted by Crippen LogP contribution is -2.17. The highest BCUT2D eigenvalue weighted by Crippen LogP contribution is 2.29. The monoisotopic (exact) mass is 269 g/mol. The number of halogens is 3. The maximum absolute atomic E-state index is 12.2. The minimum absolute atomic E-state index is 0.341. The Morgan fingerprint density at radius 2 is 1.74 bits per heavy atom. The zero-order valence-electron chi connectivity index (χ0n) is 9.69. The maximum atomic E-state index is 12.2. The number of ether oxygens (including phenoxy) is 1. The van der Waals surface area contributed by atoms with Crippen LogP contribution in [-0.4, -0.2) is 16.5 Å². The lowest BCUT2D eigenvalue weighted by molar-refractivity contribution is -0.274. The summed E-state index contributed by atoms with van der Waals surface area (Å²) >= 11 is 0. The van der Waals surface area contributed by atoms with Crippen LogP contribution in [0.15, 0.2) is 42.7 Å². The molecule has 1 N–H and O–H groups in total. The molecular formula is C13H10F3NO2. The van der Waals surface area contributed by atoms with E-state index in [0.29, 0.717) is 16.7 Å². The molecule has 2 rings (SSSR count). The van der Waals surface area contributed by atoms with E-state index in [4.69, 9.17) is 5.11 Å². The first-order chi connectivity index (χ1) is 8.98. The Bertz CT molecular complexity index is 556. The highest BCUT2D eigenvalue weighted by atomic mass is 19.4. The Balaban J connectivity index is 2.42. The van der Waals surface area contributed by atoms with Gasteiger partial charge in [-0.1, -0.05) is 0 Å². The normalized spacial score (nSPS) is 11.4. The first kappa shape index (κ1) is 13.4. The Morgan fingerprint density at radius 1 is 1.05 bits per heavy atom. The van der Waals surface area contributed by atoms with E-state index < -0.39 is 6.36 Å². The molecule has 0 unspecified atom stereocenters. The van der Waals surface area contributed by atoms with E-state index in [9.17, 15) is 13.2 Å². The van der Waals surface area contributed by atoms with E-state index in [1.165, 1.54) is 18.5 Å². The highest BCUT2D eigenvalue weighted by Gasteiger charge is 2.31. The number of aromatic nitrogens is 1. The summed E-state index contributed by atoms with van der Waals surface area (Å²) in [6, 6.07) is 7.33. The molecule has 0 bridgehead atoms. The van der Waals surface area contributed by atoms with Gasteiger partial charge in [0.25, 0.3) is 0 Å². The van der Waals surface area contributed by atoms with E-state index in [1.807, 2.05) is 0 Å². The molecule has 1 aromatic carbocycles. The first-order valence-electron chi connectivity index (χ1n) is 5.39. The molecule has 0 aliphatic heterocycles. The molecular weight excluding hydrogens is 259 g/mol. The third-order valence-electron chi connectivity index (χ3n) is 2.40. The molecule has 0 saturated carbocycles. The van der Waals surface area contributed by atoms with Gasteiger partial charge in [-0.15, -0.1) is 13.2 Å². The zero-order chi connectivity index (χ0) is 13.9. The molecule has 0 atom stereocenters. The van der Waals surface area contributed by atoms with Gasteiger partial charge < -0.3 is 9.84 Å². The van der Waals surface area contributed by atoms with Crippen LogP contribution in [0, 0.1) is 0 Å². The number of hydrogen-bond acceptors (Lipinski definition) is 3. The molecule has 2 aromatic rings.